The van der Waals surface area contributed by atoms with Crippen LogP contribution in [0.4, 0.5) is 0 Å². The van der Waals surface area contributed by atoms with Crippen LogP contribution in [-0.2, 0) is 29.1 Å². The molecule has 12 heteroatoms. The van der Waals surface area contributed by atoms with Gasteiger partial charge in [0.25, 0.3) is 11.8 Å². The van der Waals surface area contributed by atoms with Gasteiger partial charge in [-0.1, -0.05) is 41.9 Å². The Morgan fingerprint density at radius 3 is 2.55 bits per heavy atom. The van der Waals surface area contributed by atoms with Crippen LogP contribution in [0.15, 0.2) is 66.7 Å². The lowest BCUT2D eigenvalue weighted by Crippen LogP contribution is -2.53. The highest BCUT2D eigenvalue weighted by Crippen LogP contribution is 2.26. The number of carbonyl (C=O) groups excluding carboxylic acids is 3. The van der Waals surface area contributed by atoms with Gasteiger partial charge < -0.3 is 31.1 Å². The lowest BCUT2D eigenvalue weighted by Gasteiger charge is -2.24. The van der Waals surface area contributed by atoms with Crippen LogP contribution in [-0.4, -0.2) is 57.5 Å². The van der Waals surface area contributed by atoms with E-state index >= 15 is 0 Å². The zero-order chi connectivity index (χ0) is 29.8. The fraction of sp³-hybridized carbons (Fsp3) is 0.200. The topological polar surface area (TPSA) is 173 Å². The smallest absolute Gasteiger partial charge is 0.328 e. The molecule has 3 amide bonds. The molecular formula is C30H28ClN5O6. The number of phenols is 1. The molecule has 4 aromatic rings. The summed E-state index contributed by atoms with van der Waals surface area (Å²) in [6.45, 7) is 0.286. The van der Waals surface area contributed by atoms with E-state index in [4.69, 9.17) is 11.6 Å². The summed E-state index contributed by atoms with van der Waals surface area (Å²) < 4.78 is 0. The first-order chi connectivity index (χ1) is 20.2. The largest absolute Gasteiger partial charge is 0.508 e. The number of carboxylic acids is 1. The Bertz CT molecular complexity index is 1690. The monoisotopic (exact) mass is 589 g/mol. The van der Waals surface area contributed by atoms with Crippen molar-refractivity contribution in [2.45, 2.75) is 31.6 Å². The van der Waals surface area contributed by atoms with Gasteiger partial charge in [0, 0.05) is 41.8 Å². The van der Waals surface area contributed by atoms with Crippen LogP contribution in [0, 0.1) is 0 Å². The first kappa shape index (κ1) is 28.7. The number of rotatable bonds is 9. The number of nitrogens with one attached hydrogen (secondary N) is 5. The van der Waals surface area contributed by atoms with Crippen LogP contribution in [0.1, 0.15) is 37.5 Å². The molecule has 216 valence electrons. The van der Waals surface area contributed by atoms with Crippen molar-refractivity contribution in [3.63, 3.8) is 0 Å². The maximum atomic E-state index is 12.9. The fourth-order valence-electron chi connectivity index (χ4n) is 4.88. The lowest BCUT2D eigenvalue weighted by atomic mass is 9.98. The number of carbonyl (C=O) groups is 4. The van der Waals surface area contributed by atoms with E-state index in [9.17, 15) is 29.4 Å². The molecule has 5 rings (SSSR count). The van der Waals surface area contributed by atoms with Crippen LogP contribution in [0.2, 0.25) is 5.02 Å². The Morgan fingerprint density at radius 1 is 0.976 bits per heavy atom. The van der Waals surface area contributed by atoms with Crippen molar-refractivity contribution in [2.24, 2.45) is 0 Å². The maximum Gasteiger partial charge on any atom is 0.328 e. The minimum atomic E-state index is -1.42. The van der Waals surface area contributed by atoms with E-state index in [0.29, 0.717) is 18.5 Å². The number of halogens is 1. The summed E-state index contributed by atoms with van der Waals surface area (Å²) in [5.74, 6) is -2.86. The summed E-state index contributed by atoms with van der Waals surface area (Å²) >= 11 is 6.27. The number of phenolic OH excluding ortho intramolecular Hbond substituents is 1. The molecule has 0 fully saturated rings. The summed E-state index contributed by atoms with van der Waals surface area (Å²) in [5.41, 5.74) is 3.89. The molecule has 1 aliphatic rings. The Morgan fingerprint density at radius 2 is 1.79 bits per heavy atom. The van der Waals surface area contributed by atoms with Crippen molar-refractivity contribution in [3.05, 3.63) is 99.7 Å². The molecule has 11 nitrogen and oxygen atoms in total. The Kier molecular flexibility index (Phi) is 8.41. The number of H-pyrrole nitrogens is 1. The number of para-hydroxylation sites is 1. The fourth-order valence-corrected chi connectivity index (χ4v) is 5.15. The minimum Gasteiger partial charge on any atom is -0.508 e. The summed E-state index contributed by atoms with van der Waals surface area (Å²) in [5, 5.41) is 31.1. The van der Waals surface area contributed by atoms with E-state index < -0.39 is 29.9 Å². The minimum absolute atomic E-state index is 0.0282. The second kappa shape index (κ2) is 12.3. The van der Waals surface area contributed by atoms with Crippen molar-refractivity contribution in [1.82, 2.24) is 26.3 Å². The Balaban J connectivity index is 1.17. The van der Waals surface area contributed by atoms with Crippen molar-refractivity contribution < 1.29 is 29.4 Å². The quantitative estimate of drug-likeness (QED) is 0.157. The molecule has 2 heterocycles. The molecule has 2 atom stereocenters. The van der Waals surface area contributed by atoms with E-state index in [1.165, 1.54) is 30.3 Å². The average molecular weight is 590 g/mol. The first-order valence-corrected chi connectivity index (χ1v) is 13.6. The van der Waals surface area contributed by atoms with Gasteiger partial charge in [-0.15, -0.1) is 0 Å². The van der Waals surface area contributed by atoms with Crippen molar-refractivity contribution in [1.29, 1.82) is 0 Å². The molecule has 3 aromatic carbocycles. The molecule has 1 aliphatic heterocycles. The molecule has 0 unspecified atom stereocenters. The zero-order valence-corrected chi connectivity index (χ0v) is 23.0. The standard InChI is InChI=1S/C30H28ClN5O6/c31-22-11-17(27(38)33-13-16-4-3-5-18(37)10-16)8-9-20(22)28(39)36-26(30(41)42)15-34-29(40)24-12-21-19-6-1-2-7-23(19)35-25(21)14-32-24/h1-11,24,26,32,35,37H,12-15H2,(H,33,38)(H,34,40)(H,36,39)(H,41,42)/t24-,26-/m0/s1. The number of carboxylic acid groups (broad SMARTS) is 1. The van der Waals surface area contributed by atoms with Gasteiger partial charge in [-0.3, -0.25) is 19.7 Å². The lowest BCUT2D eigenvalue weighted by molar-refractivity contribution is -0.139. The van der Waals surface area contributed by atoms with E-state index in [2.05, 4.69) is 26.3 Å². The molecule has 42 heavy (non-hydrogen) atoms. The third kappa shape index (κ3) is 6.37. The molecule has 7 N–H and O–H groups in total. The number of fused-ring (bicyclic) bond motifs is 3. The van der Waals surface area contributed by atoms with Crippen molar-refractivity contribution >= 4 is 46.2 Å². The van der Waals surface area contributed by atoms with Crippen LogP contribution < -0.4 is 21.3 Å². The number of aromatic amines is 1. The first-order valence-electron chi connectivity index (χ1n) is 13.2. The molecule has 1 aromatic heterocycles. The summed E-state index contributed by atoms with van der Waals surface area (Å²) in [7, 11) is 0. The van der Waals surface area contributed by atoms with Crippen molar-refractivity contribution in [3.8, 4) is 5.75 Å². The summed E-state index contributed by atoms with van der Waals surface area (Å²) in [4.78, 5) is 53.5. The normalized spacial score (nSPS) is 14.9. The molecular weight excluding hydrogens is 562 g/mol. The molecule has 0 spiro atoms. The van der Waals surface area contributed by atoms with Gasteiger partial charge in [0.05, 0.1) is 16.6 Å². The third-order valence-electron chi connectivity index (χ3n) is 7.08. The van der Waals surface area contributed by atoms with Crippen LogP contribution >= 0.6 is 11.6 Å². The van der Waals surface area contributed by atoms with Gasteiger partial charge >= 0.3 is 5.97 Å². The molecule has 0 saturated heterocycles. The van der Waals surface area contributed by atoms with Gasteiger partial charge in [0.1, 0.15) is 11.8 Å². The highest BCUT2D eigenvalue weighted by Gasteiger charge is 2.29. The van der Waals surface area contributed by atoms with Crippen LogP contribution in [0.3, 0.4) is 0 Å². The molecule has 0 saturated carbocycles. The molecule has 0 radical (unpaired) electrons. The van der Waals surface area contributed by atoms with E-state index in [0.717, 1.165) is 22.2 Å². The van der Waals surface area contributed by atoms with Crippen molar-refractivity contribution in [2.75, 3.05) is 6.54 Å². The average Bonchev–Trinajstić information content (AvgIpc) is 3.35. The predicted molar refractivity (Wildman–Crippen MR) is 155 cm³/mol. The van der Waals surface area contributed by atoms with E-state index in [-0.39, 0.29) is 40.9 Å². The Hall–Kier alpha value is -4.87. The second-order valence-corrected chi connectivity index (χ2v) is 10.3. The molecule has 0 bridgehead atoms. The molecule has 0 aliphatic carbocycles. The van der Waals surface area contributed by atoms with E-state index in [1.807, 2.05) is 24.3 Å². The highest BCUT2D eigenvalue weighted by atomic mass is 35.5. The number of hydrogen-bond donors (Lipinski definition) is 7. The summed E-state index contributed by atoms with van der Waals surface area (Å²) in [6, 6.07) is 16.3. The van der Waals surface area contributed by atoms with Gasteiger partial charge in [0.15, 0.2) is 0 Å². The maximum absolute atomic E-state index is 12.9. The third-order valence-corrected chi connectivity index (χ3v) is 7.39. The number of amides is 3. The predicted octanol–water partition coefficient (Wildman–Crippen LogP) is 2.47. The number of hydrogen-bond acceptors (Lipinski definition) is 6. The zero-order valence-electron chi connectivity index (χ0n) is 22.2. The number of aliphatic carboxylic acids is 1. The van der Waals surface area contributed by atoms with Crippen LogP contribution in [0.25, 0.3) is 10.9 Å². The number of benzene rings is 3. The van der Waals surface area contributed by atoms with Gasteiger partial charge in [-0.05, 0) is 53.9 Å². The van der Waals surface area contributed by atoms with Gasteiger partial charge in [-0.2, -0.15) is 0 Å². The number of aromatic hydroxyl groups is 1. The number of aromatic nitrogens is 1. The SMILES string of the molecule is O=C(NCc1cccc(O)c1)c1ccc(C(=O)N[C@@H](CNC(=O)[C@@H]2Cc3c([nH]c4ccccc34)CN2)C(=O)O)c(Cl)c1. The highest BCUT2D eigenvalue weighted by molar-refractivity contribution is 6.34. The van der Waals surface area contributed by atoms with Gasteiger partial charge in [0.2, 0.25) is 5.91 Å². The summed E-state index contributed by atoms with van der Waals surface area (Å²) in [6.07, 6.45) is 0.429. The van der Waals surface area contributed by atoms with Crippen LogP contribution in [0.5, 0.6) is 5.75 Å². The Labute approximate surface area is 245 Å². The van der Waals surface area contributed by atoms with Gasteiger partial charge in [-0.25, -0.2) is 4.79 Å². The van der Waals surface area contributed by atoms with E-state index in [1.54, 1.807) is 12.1 Å². The second-order valence-electron chi connectivity index (χ2n) is 9.92.